The summed E-state index contributed by atoms with van der Waals surface area (Å²) < 4.78 is 16.1. The van der Waals surface area contributed by atoms with Gasteiger partial charge in [0.15, 0.2) is 11.6 Å². The molecule has 4 aromatic rings. The van der Waals surface area contributed by atoms with Crippen molar-refractivity contribution >= 4 is 27.2 Å². The number of halogens is 1. The smallest absolute Gasteiger partial charge is 0.436 e. The van der Waals surface area contributed by atoms with E-state index in [0.29, 0.717) is 10.4 Å². The fraction of sp³-hybridized carbons (Fsp3) is 0.300. The zero-order valence-electron chi connectivity index (χ0n) is 17.2. The molecule has 0 bridgehead atoms. The number of hydrogen-bond donors (Lipinski definition) is 1. The third kappa shape index (κ3) is 5.70. The largest absolute Gasteiger partial charge is 1.00 e. The van der Waals surface area contributed by atoms with Crippen molar-refractivity contribution in [3.63, 3.8) is 0 Å². The van der Waals surface area contributed by atoms with Crippen LogP contribution in [0, 0.1) is 19.1 Å². The molecule has 1 aliphatic carbocycles. The van der Waals surface area contributed by atoms with E-state index in [2.05, 4.69) is 36.9 Å². The molecular weight excluding hydrogens is 428 g/mol. The summed E-state index contributed by atoms with van der Waals surface area (Å²) >= 11 is 1.35. The minimum atomic E-state index is -0.464. The number of nitrogens with zero attached hydrogens (tertiary/aromatic N) is 6. The summed E-state index contributed by atoms with van der Waals surface area (Å²) in [5, 5.41) is 16.9. The van der Waals surface area contributed by atoms with Crippen LogP contribution < -0.4 is 40.4 Å². The Morgan fingerprint density at radius 1 is 1.26 bits per heavy atom. The van der Waals surface area contributed by atoms with E-state index in [0.717, 1.165) is 36.8 Å². The van der Waals surface area contributed by atoms with Crippen molar-refractivity contribution in [2.24, 2.45) is 0 Å². The first kappa shape index (κ1) is 23.4. The van der Waals surface area contributed by atoms with Crippen LogP contribution in [0.15, 0.2) is 40.9 Å². The maximum absolute atomic E-state index is 14.3. The quantitative estimate of drug-likeness (QED) is 0.357. The molecule has 1 fully saturated rings. The number of pyridine rings is 1. The molecule has 0 aliphatic heterocycles. The van der Waals surface area contributed by atoms with Crippen LogP contribution in [0.3, 0.4) is 0 Å². The summed E-state index contributed by atoms with van der Waals surface area (Å²) in [5.41, 5.74) is 0.897. The van der Waals surface area contributed by atoms with E-state index < -0.39 is 5.82 Å². The summed E-state index contributed by atoms with van der Waals surface area (Å²) in [7, 11) is 0. The van der Waals surface area contributed by atoms with E-state index in [1.807, 2.05) is 18.4 Å². The molecule has 0 aromatic carbocycles. The van der Waals surface area contributed by atoms with Crippen molar-refractivity contribution in [1.82, 2.24) is 29.9 Å². The standard InChI is InChI=1S/C16H15FN4OS.C4H4N3.Na/c17-13-7-12(9-18-15(13)20-11-3-1-2-4-11)21-16(22)14-10(8-19-21)5-6-23-14;1-4-2-5-3-6-7-4;/h5-9,11H,1-4H2,(H,18,20);2H,1H3;/q;-1;+1. The van der Waals surface area contributed by atoms with Crippen LogP contribution >= 0.6 is 11.3 Å². The number of rotatable bonds is 3. The van der Waals surface area contributed by atoms with Crippen molar-refractivity contribution in [1.29, 1.82) is 0 Å². The predicted molar refractivity (Wildman–Crippen MR) is 112 cm³/mol. The Morgan fingerprint density at radius 3 is 2.71 bits per heavy atom. The van der Waals surface area contributed by atoms with Crippen molar-refractivity contribution in [3.05, 3.63) is 64.3 Å². The Kier molecular flexibility index (Phi) is 8.19. The van der Waals surface area contributed by atoms with Crippen molar-refractivity contribution in [2.75, 3.05) is 5.32 Å². The summed E-state index contributed by atoms with van der Waals surface area (Å²) in [4.78, 5) is 20.1. The third-order valence-electron chi connectivity index (χ3n) is 4.72. The molecule has 0 atom stereocenters. The van der Waals surface area contributed by atoms with E-state index in [4.69, 9.17) is 0 Å². The van der Waals surface area contributed by atoms with E-state index >= 15 is 0 Å². The molecule has 0 spiro atoms. The molecule has 8 nitrogen and oxygen atoms in total. The van der Waals surface area contributed by atoms with Gasteiger partial charge in [0.05, 0.1) is 18.1 Å². The number of aromatic nitrogens is 6. The molecule has 0 unspecified atom stereocenters. The van der Waals surface area contributed by atoms with Crippen LogP contribution in [-0.2, 0) is 0 Å². The summed E-state index contributed by atoms with van der Waals surface area (Å²) in [5.74, 6) is -0.222. The zero-order chi connectivity index (χ0) is 20.9. The first-order valence-electron chi connectivity index (χ1n) is 9.52. The maximum atomic E-state index is 14.3. The first-order chi connectivity index (χ1) is 14.6. The SMILES string of the molecule is Cc1cn[c-]nn1.O=c1c2sccc2cnn1-c1cnc(NC2CCCC2)c(F)c1.[Na+]. The molecule has 0 radical (unpaired) electrons. The van der Waals surface area contributed by atoms with E-state index in [1.54, 1.807) is 12.4 Å². The average molecular weight is 447 g/mol. The molecule has 0 amide bonds. The second-order valence-electron chi connectivity index (χ2n) is 6.92. The van der Waals surface area contributed by atoms with E-state index in [9.17, 15) is 9.18 Å². The molecule has 154 valence electrons. The molecule has 5 rings (SSSR count). The van der Waals surface area contributed by atoms with E-state index in [-0.39, 0.29) is 47.0 Å². The number of fused-ring (bicyclic) bond motifs is 1. The second kappa shape index (κ2) is 10.9. The number of hydrogen-bond acceptors (Lipinski definition) is 8. The van der Waals surface area contributed by atoms with Gasteiger partial charge >= 0.3 is 29.6 Å². The number of anilines is 1. The topological polar surface area (TPSA) is 98.5 Å². The number of nitrogens with one attached hydrogen (secondary N) is 1. The van der Waals surface area contributed by atoms with Crippen LogP contribution in [0.5, 0.6) is 0 Å². The van der Waals surface area contributed by atoms with Gasteiger partial charge < -0.3 is 10.3 Å². The van der Waals surface area contributed by atoms with Crippen LogP contribution in [0.4, 0.5) is 10.2 Å². The average Bonchev–Trinajstić information content (AvgIpc) is 3.43. The van der Waals surface area contributed by atoms with E-state index in [1.165, 1.54) is 28.3 Å². The Morgan fingerprint density at radius 2 is 2.06 bits per heavy atom. The number of thiophene rings is 1. The Balaban J connectivity index is 0.000000292. The van der Waals surface area contributed by atoms with Crippen molar-refractivity contribution in [3.8, 4) is 5.69 Å². The monoisotopic (exact) mass is 447 g/mol. The molecule has 1 N–H and O–H groups in total. The maximum Gasteiger partial charge on any atom is 1.00 e. The van der Waals surface area contributed by atoms with Gasteiger partial charge in [-0.05, 0) is 43.2 Å². The normalized spacial score (nSPS) is 13.4. The Labute approximate surface area is 204 Å². The van der Waals surface area contributed by atoms with Gasteiger partial charge in [-0.1, -0.05) is 12.8 Å². The second-order valence-corrected chi connectivity index (χ2v) is 7.83. The molecule has 4 aromatic heterocycles. The minimum absolute atomic E-state index is 0. The van der Waals surface area contributed by atoms with Crippen LogP contribution in [-0.4, -0.2) is 36.0 Å². The van der Waals surface area contributed by atoms with Gasteiger partial charge in [0.2, 0.25) is 0 Å². The van der Waals surface area contributed by atoms with Gasteiger partial charge in [-0.25, -0.2) is 14.5 Å². The van der Waals surface area contributed by atoms with Crippen molar-refractivity contribution < 1.29 is 33.9 Å². The predicted octanol–water partition coefficient (Wildman–Crippen LogP) is 0.320. The fourth-order valence-corrected chi connectivity index (χ4v) is 4.03. The zero-order valence-corrected chi connectivity index (χ0v) is 20.1. The summed E-state index contributed by atoms with van der Waals surface area (Å²) in [6, 6.07) is 3.43. The van der Waals surface area contributed by atoms with Gasteiger partial charge in [0.1, 0.15) is 4.70 Å². The van der Waals surface area contributed by atoms with Crippen molar-refractivity contribution in [2.45, 2.75) is 38.6 Å². The van der Waals surface area contributed by atoms with Gasteiger partial charge in [0, 0.05) is 17.5 Å². The molecule has 31 heavy (non-hydrogen) atoms. The van der Waals surface area contributed by atoms with Crippen LogP contribution in [0.2, 0.25) is 0 Å². The molecule has 1 aliphatic rings. The number of aryl methyl sites for hydroxylation is 1. The van der Waals surface area contributed by atoms with Gasteiger partial charge in [-0.2, -0.15) is 14.9 Å². The molecule has 0 saturated heterocycles. The van der Waals surface area contributed by atoms with Crippen LogP contribution in [0.1, 0.15) is 31.4 Å². The summed E-state index contributed by atoms with van der Waals surface area (Å²) in [6.45, 7) is 1.83. The minimum Gasteiger partial charge on any atom is -0.436 e. The third-order valence-corrected chi connectivity index (χ3v) is 5.64. The Bertz CT molecular complexity index is 1200. The summed E-state index contributed by atoms with van der Waals surface area (Å²) in [6.07, 6.45) is 11.4. The molecule has 1 saturated carbocycles. The molecule has 11 heteroatoms. The van der Waals surface area contributed by atoms with Gasteiger partial charge in [-0.3, -0.25) is 4.79 Å². The molecular formula is C20H19FN7NaOS. The van der Waals surface area contributed by atoms with Crippen LogP contribution in [0.25, 0.3) is 15.8 Å². The van der Waals surface area contributed by atoms with Gasteiger partial charge in [-0.15, -0.1) is 17.5 Å². The first-order valence-corrected chi connectivity index (χ1v) is 10.4. The van der Waals surface area contributed by atoms with Gasteiger partial charge in [0.25, 0.3) is 5.56 Å². The fourth-order valence-electron chi connectivity index (χ4n) is 3.24. The molecule has 4 heterocycles. The Hall–Kier alpha value is -2.27.